The molecule has 0 aliphatic heterocycles. The summed E-state index contributed by atoms with van der Waals surface area (Å²) in [7, 11) is 0. The van der Waals surface area contributed by atoms with Gasteiger partial charge in [-0.15, -0.1) is 0 Å². The number of benzene rings is 2. The number of hydrogen-bond donors (Lipinski definition) is 0. The van der Waals surface area contributed by atoms with Crippen LogP contribution in [0.5, 0.6) is 0 Å². The van der Waals surface area contributed by atoms with Crippen LogP contribution in [0.3, 0.4) is 0 Å². The number of carbonyl (C=O) groups excluding carboxylic acids is 2. The minimum Gasteiger partial charge on any atom is -0.415 e. The molecule has 0 N–H and O–H groups in total. The molecule has 2 heterocycles. The fraction of sp³-hybridized carbons (Fsp3) is 0. The first-order valence-corrected chi connectivity index (χ1v) is 9.70. The van der Waals surface area contributed by atoms with Crippen molar-refractivity contribution in [2.45, 2.75) is 0 Å². The Morgan fingerprint density at radius 2 is 0.895 bits per heavy atom. The Hall–Kier alpha value is -6.20. The molecule has 0 bridgehead atoms. The Bertz CT molecular complexity index is 1780. The maximum Gasteiger partial charge on any atom is 0.347 e. The van der Waals surface area contributed by atoms with Crippen LogP contribution >= 0.6 is 0 Å². The maximum atomic E-state index is 12.8. The van der Waals surface area contributed by atoms with Crippen molar-refractivity contribution >= 4 is 56.3 Å². The highest BCUT2D eigenvalue weighted by Crippen LogP contribution is 2.32. The minimum atomic E-state index is -1.71. The Balaban J connectivity index is 1.90. The Kier molecular flexibility index (Phi) is 5.76. The summed E-state index contributed by atoms with van der Waals surface area (Å²) >= 11 is 0. The van der Waals surface area contributed by atoms with E-state index in [9.17, 15) is 59.6 Å². The number of rotatable bonds is 7. The molecule has 190 valence electrons. The maximum absolute atomic E-state index is 12.8. The van der Waals surface area contributed by atoms with Gasteiger partial charge in [-0.1, -0.05) is 0 Å². The van der Waals surface area contributed by atoms with Crippen LogP contribution in [0.4, 0.5) is 22.7 Å². The Morgan fingerprint density at radius 3 is 1.18 bits per heavy atom. The molecule has 0 saturated heterocycles. The third-order valence-corrected chi connectivity index (χ3v) is 5.11. The van der Waals surface area contributed by atoms with Crippen molar-refractivity contribution in [3.8, 4) is 0 Å². The standard InChI is InChI=1S/C20H6N4O14/c25-15(11-3-7-1-9(21(29)30)5-13(23(33)34)17(7)37-19(11)27)16(26)12-4-8-2-10(22(31)32)6-14(24(35)36)18(8)38-20(12)28/h1-6H. The fourth-order valence-corrected chi connectivity index (χ4v) is 3.44. The van der Waals surface area contributed by atoms with E-state index in [1.807, 2.05) is 0 Å². The predicted octanol–water partition coefficient (Wildman–Crippen LogP) is 2.60. The molecular formula is C20H6N4O14. The number of nitro benzene ring substituents is 4. The van der Waals surface area contributed by atoms with E-state index in [1.54, 1.807) is 0 Å². The normalized spacial score (nSPS) is 10.8. The topological polar surface area (TPSA) is 267 Å². The van der Waals surface area contributed by atoms with Crippen molar-refractivity contribution < 1.29 is 38.1 Å². The van der Waals surface area contributed by atoms with Gasteiger partial charge in [-0.3, -0.25) is 50.0 Å². The summed E-state index contributed by atoms with van der Waals surface area (Å²) in [6, 6.07) is 3.71. The molecule has 18 heteroatoms. The zero-order valence-electron chi connectivity index (χ0n) is 18.0. The lowest BCUT2D eigenvalue weighted by molar-refractivity contribution is -0.393. The lowest BCUT2D eigenvalue weighted by atomic mass is 10.0. The quantitative estimate of drug-likeness (QED) is 0.110. The predicted molar refractivity (Wildman–Crippen MR) is 120 cm³/mol. The molecule has 0 unspecified atom stereocenters. The van der Waals surface area contributed by atoms with Crippen molar-refractivity contribution in [2.24, 2.45) is 0 Å². The lowest BCUT2D eigenvalue weighted by Crippen LogP contribution is -2.26. The molecule has 0 aliphatic rings. The van der Waals surface area contributed by atoms with Gasteiger partial charge in [0.15, 0.2) is 0 Å². The number of fused-ring (bicyclic) bond motifs is 2. The zero-order chi connectivity index (χ0) is 28.0. The Morgan fingerprint density at radius 1 is 0.553 bits per heavy atom. The highest BCUT2D eigenvalue weighted by Gasteiger charge is 2.30. The van der Waals surface area contributed by atoms with Gasteiger partial charge in [0, 0.05) is 22.9 Å². The number of carbonyl (C=O) groups is 2. The highest BCUT2D eigenvalue weighted by atomic mass is 16.6. The van der Waals surface area contributed by atoms with Crippen LogP contribution in [0.2, 0.25) is 0 Å². The van der Waals surface area contributed by atoms with Crippen LogP contribution in [-0.2, 0) is 0 Å². The average Bonchev–Trinajstić information content (AvgIpc) is 2.85. The second kappa shape index (κ2) is 8.78. The lowest BCUT2D eigenvalue weighted by Gasteiger charge is -2.04. The molecule has 18 nitrogen and oxygen atoms in total. The van der Waals surface area contributed by atoms with E-state index in [4.69, 9.17) is 8.83 Å². The van der Waals surface area contributed by atoms with Gasteiger partial charge in [0.1, 0.15) is 11.1 Å². The van der Waals surface area contributed by atoms with Gasteiger partial charge in [0.2, 0.25) is 22.7 Å². The van der Waals surface area contributed by atoms with E-state index < -0.39 is 98.3 Å². The summed E-state index contributed by atoms with van der Waals surface area (Å²) in [5.74, 6) is -3.41. The van der Waals surface area contributed by atoms with Gasteiger partial charge in [0.25, 0.3) is 11.4 Å². The van der Waals surface area contributed by atoms with E-state index in [2.05, 4.69) is 0 Å². The third kappa shape index (κ3) is 4.08. The fourth-order valence-electron chi connectivity index (χ4n) is 3.44. The largest absolute Gasteiger partial charge is 0.415 e. The van der Waals surface area contributed by atoms with Crippen molar-refractivity contribution in [1.82, 2.24) is 0 Å². The Labute approximate surface area is 203 Å². The minimum absolute atomic E-state index is 0.474. The van der Waals surface area contributed by atoms with Crippen LogP contribution in [0, 0.1) is 40.5 Å². The number of non-ortho nitro benzene ring substituents is 4. The summed E-state index contributed by atoms with van der Waals surface area (Å²) < 4.78 is 9.53. The first-order valence-electron chi connectivity index (χ1n) is 9.70. The molecule has 0 spiro atoms. The third-order valence-electron chi connectivity index (χ3n) is 5.11. The molecule has 2 aromatic carbocycles. The van der Waals surface area contributed by atoms with E-state index in [0.29, 0.717) is 24.3 Å². The highest BCUT2D eigenvalue weighted by molar-refractivity contribution is 6.49. The summed E-state index contributed by atoms with van der Waals surface area (Å²) in [5, 5.41) is 43.8. The molecule has 4 rings (SSSR count). The second-order valence-corrected chi connectivity index (χ2v) is 7.35. The first kappa shape index (κ1) is 24.9. The van der Waals surface area contributed by atoms with E-state index >= 15 is 0 Å². The van der Waals surface area contributed by atoms with E-state index in [0.717, 1.165) is 12.1 Å². The number of hydrogen-bond acceptors (Lipinski definition) is 14. The number of nitro groups is 4. The van der Waals surface area contributed by atoms with Crippen LogP contribution in [-0.4, -0.2) is 31.3 Å². The summed E-state index contributed by atoms with van der Waals surface area (Å²) in [6.07, 6.45) is 0. The van der Waals surface area contributed by atoms with Crippen LogP contribution in [0.1, 0.15) is 20.7 Å². The number of Topliss-reactive ketones (excluding diaryl/α,β-unsaturated/α-hetero) is 2. The molecule has 0 amide bonds. The molecule has 0 atom stereocenters. The molecule has 4 aromatic rings. The van der Waals surface area contributed by atoms with Gasteiger partial charge < -0.3 is 8.83 Å². The van der Waals surface area contributed by atoms with Gasteiger partial charge in [-0.2, -0.15) is 0 Å². The number of ketones is 2. The monoisotopic (exact) mass is 526 g/mol. The van der Waals surface area contributed by atoms with Crippen molar-refractivity contribution in [3.05, 3.63) is 109 Å². The van der Waals surface area contributed by atoms with E-state index in [1.165, 1.54) is 0 Å². The molecule has 0 radical (unpaired) electrons. The molecule has 2 aromatic heterocycles. The molecule has 0 aliphatic carbocycles. The van der Waals surface area contributed by atoms with Crippen LogP contribution in [0.25, 0.3) is 21.9 Å². The SMILES string of the molecule is O=C(C(=O)c1cc2cc([N+](=O)[O-])cc([N+](=O)[O-])c2oc1=O)c1cc2cc([N+](=O)[O-])cc([N+](=O)[O-])c2oc1=O. The average molecular weight is 526 g/mol. The molecular weight excluding hydrogens is 520 g/mol. The molecule has 0 fully saturated rings. The van der Waals surface area contributed by atoms with E-state index in [-0.39, 0.29) is 0 Å². The van der Waals surface area contributed by atoms with Gasteiger partial charge >= 0.3 is 22.6 Å². The summed E-state index contributed by atoms with van der Waals surface area (Å²) in [6.45, 7) is 0. The first-order chi connectivity index (χ1) is 17.8. The van der Waals surface area contributed by atoms with Gasteiger partial charge in [0.05, 0.1) is 31.8 Å². The second-order valence-electron chi connectivity index (χ2n) is 7.35. The number of nitrogens with zero attached hydrogens (tertiary/aromatic N) is 4. The summed E-state index contributed by atoms with van der Waals surface area (Å²) in [5.41, 5.74) is -10.3. The smallest absolute Gasteiger partial charge is 0.347 e. The van der Waals surface area contributed by atoms with Crippen LogP contribution < -0.4 is 11.3 Å². The molecule has 38 heavy (non-hydrogen) atoms. The summed E-state index contributed by atoms with van der Waals surface area (Å²) in [4.78, 5) is 91.0. The van der Waals surface area contributed by atoms with Crippen molar-refractivity contribution in [3.63, 3.8) is 0 Å². The van der Waals surface area contributed by atoms with Crippen molar-refractivity contribution in [1.29, 1.82) is 0 Å². The van der Waals surface area contributed by atoms with Crippen LogP contribution in [0.15, 0.2) is 54.8 Å². The van der Waals surface area contributed by atoms with Gasteiger partial charge in [-0.05, 0) is 12.1 Å². The molecule has 0 saturated carbocycles. The van der Waals surface area contributed by atoms with Gasteiger partial charge in [-0.25, -0.2) is 9.59 Å². The zero-order valence-corrected chi connectivity index (χ0v) is 18.0. The van der Waals surface area contributed by atoms with Crippen molar-refractivity contribution in [2.75, 3.05) is 0 Å².